The van der Waals surface area contributed by atoms with E-state index in [1.165, 1.54) is 23.8 Å². The highest BCUT2D eigenvalue weighted by Crippen LogP contribution is 2.18. The second-order valence-electron chi connectivity index (χ2n) is 4.23. The van der Waals surface area contributed by atoms with E-state index in [2.05, 4.69) is 32.0 Å². The summed E-state index contributed by atoms with van der Waals surface area (Å²) in [4.78, 5) is 0. The highest BCUT2D eigenvalue weighted by atomic mass is 16.3. The van der Waals surface area contributed by atoms with Crippen LogP contribution in [0, 0.1) is 5.92 Å². The molecule has 0 N–H and O–H groups in total. The smallest absolute Gasteiger partial charge is 0.133 e. The first-order valence-electron chi connectivity index (χ1n) is 5.22. The maximum atomic E-state index is 5.30. The molecular formula is C13H16O. The van der Waals surface area contributed by atoms with E-state index in [1.54, 1.807) is 6.26 Å². The predicted octanol–water partition coefficient (Wildman–Crippen LogP) is 4.02. The van der Waals surface area contributed by atoms with Crippen molar-refractivity contribution < 1.29 is 4.42 Å². The van der Waals surface area contributed by atoms with Gasteiger partial charge >= 0.3 is 0 Å². The van der Waals surface area contributed by atoms with E-state index in [9.17, 15) is 0 Å². The average Bonchev–Trinajstić information content (AvgIpc) is 2.61. The molecule has 0 amide bonds. The van der Waals surface area contributed by atoms with Gasteiger partial charge in [0, 0.05) is 5.39 Å². The van der Waals surface area contributed by atoms with Gasteiger partial charge in [-0.2, -0.15) is 0 Å². The fourth-order valence-corrected chi connectivity index (χ4v) is 1.63. The number of fused-ring (bicyclic) bond motifs is 1. The number of rotatable bonds is 3. The minimum atomic E-state index is 0.773. The van der Waals surface area contributed by atoms with E-state index >= 15 is 0 Å². The number of furan rings is 1. The van der Waals surface area contributed by atoms with Crippen molar-refractivity contribution in [2.45, 2.75) is 26.7 Å². The second kappa shape index (κ2) is 3.87. The summed E-state index contributed by atoms with van der Waals surface area (Å²) in [6, 6.07) is 8.47. The summed E-state index contributed by atoms with van der Waals surface area (Å²) in [6.07, 6.45) is 4.17. The van der Waals surface area contributed by atoms with Crippen LogP contribution in [0.2, 0.25) is 0 Å². The van der Waals surface area contributed by atoms with Gasteiger partial charge in [0.25, 0.3) is 0 Å². The SMILES string of the molecule is CC(C)CCc1ccc2occc2c1. The van der Waals surface area contributed by atoms with E-state index in [-0.39, 0.29) is 0 Å². The molecule has 0 fully saturated rings. The van der Waals surface area contributed by atoms with Crippen molar-refractivity contribution in [3.05, 3.63) is 36.1 Å². The Morgan fingerprint density at radius 3 is 2.86 bits per heavy atom. The number of hydrogen-bond acceptors (Lipinski definition) is 1. The fraction of sp³-hybridized carbons (Fsp3) is 0.385. The van der Waals surface area contributed by atoms with Gasteiger partial charge in [-0.05, 0) is 42.5 Å². The lowest BCUT2D eigenvalue weighted by atomic mass is 10.0. The molecule has 1 nitrogen and oxygen atoms in total. The molecule has 0 radical (unpaired) electrons. The van der Waals surface area contributed by atoms with Gasteiger partial charge < -0.3 is 4.42 Å². The normalized spacial score (nSPS) is 11.4. The third-order valence-electron chi connectivity index (χ3n) is 2.53. The van der Waals surface area contributed by atoms with Crippen LogP contribution in [0.25, 0.3) is 11.0 Å². The molecule has 0 saturated carbocycles. The average molecular weight is 188 g/mol. The third-order valence-corrected chi connectivity index (χ3v) is 2.53. The van der Waals surface area contributed by atoms with Gasteiger partial charge in [-0.15, -0.1) is 0 Å². The summed E-state index contributed by atoms with van der Waals surface area (Å²) >= 11 is 0. The quantitative estimate of drug-likeness (QED) is 0.709. The second-order valence-corrected chi connectivity index (χ2v) is 4.23. The predicted molar refractivity (Wildman–Crippen MR) is 59.4 cm³/mol. The molecule has 0 atom stereocenters. The van der Waals surface area contributed by atoms with E-state index in [1.807, 2.05) is 6.07 Å². The minimum Gasteiger partial charge on any atom is -0.464 e. The Balaban J connectivity index is 2.17. The van der Waals surface area contributed by atoms with Crippen molar-refractivity contribution >= 4 is 11.0 Å². The van der Waals surface area contributed by atoms with Crippen molar-refractivity contribution in [3.8, 4) is 0 Å². The highest BCUT2D eigenvalue weighted by molar-refractivity contribution is 5.77. The summed E-state index contributed by atoms with van der Waals surface area (Å²) in [5.74, 6) is 0.773. The van der Waals surface area contributed by atoms with Crippen LogP contribution >= 0.6 is 0 Å². The molecule has 1 heteroatoms. The summed E-state index contributed by atoms with van der Waals surface area (Å²) in [5.41, 5.74) is 2.39. The summed E-state index contributed by atoms with van der Waals surface area (Å²) in [6.45, 7) is 4.52. The van der Waals surface area contributed by atoms with Crippen molar-refractivity contribution in [3.63, 3.8) is 0 Å². The van der Waals surface area contributed by atoms with Crippen LogP contribution in [0.3, 0.4) is 0 Å². The number of hydrogen-bond donors (Lipinski definition) is 0. The van der Waals surface area contributed by atoms with Gasteiger partial charge in [0.1, 0.15) is 5.58 Å². The Morgan fingerprint density at radius 2 is 2.07 bits per heavy atom. The molecule has 1 heterocycles. The molecule has 74 valence electrons. The standard InChI is InChI=1S/C13H16O/c1-10(2)3-4-11-5-6-13-12(9-11)7-8-14-13/h5-10H,3-4H2,1-2H3. The lowest BCUT2D eigenvalue weighted by Crippen LogP contribution is -1.91. The molecule has 14 heavy (non-hydrogen) atoms. The van der Waals surface area contributed by atoms with Crippen LogP contribution in [0.15, 0.2) is 34.9 Å². The molecule has 0 spiro atoms. The van der Waals surface area contributed by atoms with E-state index in [0.29, 0.717) is 0 Å². The Hall–Kier alpha value is -1.24. The highest BCUT2D eigenvalue weighted by Gasteiger charge is 2.00. The Bertz CT molecular complexity index is 412. The Morgan fingerprint density at radius 1 is 1.21 bits per heavy atom. The topological polar surface area (TPSA) is 13.1 Å². The molecule has 0 aliphatic carbocycles. The molecule has 1 aromatic carbocycles. The molecule has 0 aliphatic rings. The lowest BCUT2D eigenvalue weighted by molar-refractivity contribution is 0.586. The lowest BCUT2D eigenvalue weighted by Gasteiger charge is -2.04. The van der Waals surface area contributed by atoms with Gasteiger partial charge in [0.05, 0.1) is 6.26 Å². The third kappa shape index (κ3) is 1.98. The van der Waals surface area contributed by atoms with Crippen molar-refractivity contribution in [2.75, 3.05) is 0 Å². The summed E-state index contributed by atoms with van der Waals surface area (Å²) < 4.78 is 5.30. The van der Waals surface area contributed by atoms with E-state index in [4.69, 9.17) is 4.42 Å². The maximum absolute atomic E-state index is 5.30. The molecule has 1 aromatic heterocycles. The molecule has 0 saturated heterocycles. The number of benzene rings is 1. The van der Waals surface area contributed by atoms with Crippen molar-refractivity contribution in [1.82, 2.24) is 0 Å². The summed E-state index contributed by atoms with van der Waals surface area (Å²) in [7, 11) is 0. The number of aryl methyl sites for hydroxylation is 1. The van der Waals surface area contributed by atoms with Gasteiger partial charge in [0.2, 0.25) is 0 Å². The molecule has 2 aromatic rings. The zero-order valence-electron chi connectivity index (χ0n) is 8.79. The van der Waals surface area contributed by atoms with Gasteiger partial charge in [-0.25, -0.2) is 0 Å². The zero-order valence-corrected chi connectivity index (χ0v) is 8.79. The van der Waals surface area contributed by atoms with Crippen molar-refractivity contribution in [1.29, 1.82) is 0 Å². The van der Waals surface area contributed by atoms with E-state index in [0.717, 1.165) is 11.5 Å². The molecule has 0 unspecified atom stereocenters. The van der Waals surface area contributed by atoms with Gasteiger partial charge in [0.15, 0.2) is 0 Å². The first kappa shape index (κ1) is 9.32. The Labute approximate surface area is 84.7 Å². The van der Waals surface area contributed by atoms with Gasteiger partial charge in [-0.3, -0.25) is 0 Å². The molecule has 2 rings (SSSR count). The van der Waals surface area contributed by atoms with Crippen LogP contribution in [0.5, 0.6) is 0 Å². The monoisotopic (exact) mass is 188 g/mol. The van der Waals surface area contributed by atoms with Crippen molar-refractivity contribution in [2.24, 2.45) is 5.92 Å². The molecular weight excluding hydrogens is 172 g/mol. The maximum Gasteiger partial charge on any atom is 0.133 e. The molecule has 0 aliphatic heterocycles. The first-order valence-corrected chi connectivity index (χ1v) is 5.22. The van der Waals surface area contributed by atoms with Crippen LogP contribution in [-0.4, -0.2) is 0 Å². The van der Waals surface area contributed by atoms with Crippen LogP contribution < -0.4 is 0 Å². The largest absolute Gasteiger partial charge is 0.464 e. The molecule has 0 bridgehead atoms. The fourth-order valence-electron chi connectivity index (χ4n) is 1.63. The minimum absolute atomic E-state index is 0.773. The Kier molecular flexibility index (Phi) is 2.58. The summed E-state index contributed by atoms with van der Waals surface area (Å²) in [5, 5.41) is 1.21. The van der Waals surface area contributed by atoms with Crippen LogP contribution in [0.1, 0.15) is 25.8 Å². The first-order chi connectivity index (χ1) is 6.75. The van der Waals surface area contributed by atoms with Crippen LogP contribution in [0.4, 0.5) is 0 Å². The zero-order chi connectivity index (χ0) is 9.97. The van der Waals surface area contributed by atoms with Gasteiger partial charge in [-0.1, -0.05) is 19.9 Å². The van der Waals surface area contributed by atoms with E-state index < -0.39 is 0 Å². The van der Waals surface area contributed by atoms with Crippen LogP contribution in [-0.2, 0) is 6.42 Å².